The van der Waals surface area contributed by atoms with Crippen molar-refractivity contribution in [2.75, 3.05) is 13.1 Å². The Balaban J connectivity index is 2.18. The summed E-state index contributed by atoms with van der Waals surface area (Å²) in [5.41, 5.74) is 2.76. The molecule has 100 valence electrons. The maximum Gasteiger partial charge on any atom is 0.0443 e. The van der Waals surface area contributed by atoms with E-state index in [1.807, 2.05) is 0 Å². The Morgan fingerprint density at radius 3 is 2.44 bits per heavy atom. The fourth-order valence-corrected chi connectivity index (χ4v) is 3.36. The maximum absolute atomic E-state index is 6.49. The minimum atomic E-state index is 0.611. The fourth-order valence-electron chi connectivity index (χ4n) is 3.01. The van der Waals surface area contributed by atoms with E-state index in [9.17, 15) is 0 Å². The molecule has 1 fully saturated rings. The minimum Gasteiger partial charge on any atom is -0.317 e. The zero-order chi connectivity index (χ0) is 13.0. The number of halogens is 1. The molecule has 1 aliphatic rings. The molecule has 1 heterocycles. The van der Waals surface area contributed by atoms with Crippen molar-refractivity contribution in [3.05, 3.63) is 34.3 Å². The molecular weight excluding hydrogens is 242 g/mol. The highest BCUT2D eigenvalue weighted by molar-refractivity contribution is 6.31. The lowest BCUT2D eigenvalue weighted by Gasteiger charge is -2.24. The van der Waals surface area contributed by atoms with Crippen molar-refractivity contribution in [2.45, 2.75) is 51.4 Å². The number of hydrogen-bond acceptors (Lipinski definition) is 1. The van der Waals surface area contributed by atoms with E-state index < -0.39 is 0 Å². The van der Waals surface area contributed by atoms with Gasteiger partial charge < -0.3 is 5.32 Å². The highest BCUT2D eigenvalue weighted by Crippen LogP contribution is 2.33. The molecule has 0 aromatic heterocycles. The van der Waals surface area contributed by atoms with Crippen LogP contribution in [0.25, 0.3) is 0 Å². The van der Waals surface area contributed by atoms with E-state index in [0.29, 0.717) is 11.8 Å². The third-order valence-corrected chi connectivity index (χ3v) is 4.59. The van der Waals surface area contributed by atoms with Crippen LogP contribution in [-0.2, 0) is 0 Å². The summed E-state index contributed by atoms with van der Waals surface area (Å²) in [5, 5.41) is 4.39. The molecule has 0 aliphatic carbocycles. The summed E-state index contributed by atoms with van der Waals surface area (Å²) in [5.74, 6) is 1.30. The van der Waals surface area contributed by atoms with Crippen molar-refractivity contribution < 1.29 is 0 Å². The van der Waals surface area contributed by atoms with E-state index >= 15 is 0 Å². The molecule has 1 saturated heterocycles. The van der Waals surface area contributed by atoms with Crippen LogP contribution in [0.1, 0.15) is 62.5 Å². The minimum absolute atomic E-state index is 0.611. The largest absolute Gasteiger partial charge is 0.317 e. The smallest absolute Gasteiger partial charge is 0.0443 e. The summed E-state index contributed by atoms with van der Waals surface area (Å²) in [7, 11) is 0. The number of nitrogens with one attached hydrogen (secondary N) is 1. The normalized spacial score (nSPS) is 17.3. The Kier molecular flexibility index (Phi) is 5.08. The van der Waals surface area contributed by atoms with Crippen LogP contribution in [0, 0.1) is 0 Å². The molecule has 0 atom stereocenters. The number of piperidine rings is 1. The van der Waals surface area contributed by atoms with E-state index in [2.05, 4.69) is 37.4 Å². The highest BCUT2D eigenvalue weighted by Gasteiger charge is 2.17. The molecule has 1 aromatic carbocycles. The third-order valence-electron chi connectivity index (χ3n) is 4.26. The van der Waals surface area contributed by atoms with Gasteiger partial charge in [0.2, 0.25) is 0 Å². The molecule has 0 unspecified atom stereocenters. The Bertz CT molecular complexity index is 379. The van der Waals surface area contributed by atoms with Crippen LogP contribution in [0.15, 0.2) is 18.2 Å². The molecule has 1 N–H and O–H groups in total. The second-order valence-corrected chi connectivity index (χ2v) is 5.73. The number of benzene rings is 1. The van der Waals surface area contributed by atoms with Crippen LogP contribution in [0.4, 0.5) is 0 Å². The first-order valence-corrected chi connectivity index (χ1v) is 7.64. The molecule has 0 spiro atoms. The summed E-state index contributed by atoms with van der Waals surface area (Å²) in [6.45, 7) is 6.75. The second-order valence-electron chi connectivity index (χ2n) is 5.32. The first-order valence-electron chi connectivity index (χ1n) is 7.26. The predicted molar refractivity (Wildman–Crippen MR) is 79.6 cm³/mol. The second kappa shape index (κ2) is 6.58. The zero-order valence-corrected chi connectivity index (χ0v) is 12.3. The molecule has 18 heavy (non-hydrogen) atoms. The molecule has 1 aromatic rings. The van der Waals surface area contributed by atoms with Crippen molar-refractivity contribution >= 4 is 11.6 Å². The molecular formula is C16H24ClN. The van der Waals surface area contributed by atoms with E-state index in [0.717, 1.165) is 18.1 Å². The van der Waals surface area contributed by atoms with Gasteiger partial charge in [-0.1, -0.05) is 37.6 Å². The van der Waals surface area contributed by atoms with Gasteiger partial charge >= 0.3 is 0 Å². The first-order chi connectivity index (χ1) is 8.76. The third kappa shape index (κ3) is 3.07. The van der Waals surface area contributed by atoms with Gasteiger partial charge in [-0.15, -0.1) is 0 Å². The summed E-state index contributed by atoms with van der Waals surface area (Å²) >= 11 is 6.49. The Hall–Kier alpha value is -0.530. The van der Waals surface area contributed by atoms with Gasteiger partial charge in [-0.25, -0.2) is 0 Å². The van der Waals surface area contributed by atoms with Gasteiger partial charge in [-0.3, -0.25) is 0 Å². The van der Waals surface area contributed by atoms with E-state index in [4.69, 9.17) is 11.6 Å². The lowest BCUT2D eigenvalue weighted by molar-refractivity contribution is 0.460. The van der Waals surface area contributed by atoms with Gasteiger partial charge in [-0.05, 0) is 67.8 Å². The molecule has 0 radical (unpaired) electrons. The highest BCUT2D eigenvalue weighted by atomic mass is 35.5. The van der Waals surface area contributed by atoms with E-state index in [1.165, 1.54) is 36.8 Å². The number of rotatable bonds is 4. The van der Waals surface area contributed by atoms with Crippen molar-refractivity contribution in [1.82, 2.24) is 5.32 Å². The number of hydrogen-bond donors (Lipinski definition) is 1. The van der Waals surface area contributed by atoms with Crippen LogP contribution in [-0.4, -0.2) is 13.1 Å². The van der Waals surface area contributed by atoms with Crippen molar-refractivity contribution in [3.8, 4) is 0 Å². The monoisotopic (exact) mass is 265 g/mol. The lowest BCUT2D eigenvalue weighted by atomic mass is 9.87. The van der Waals surface area contributed by atoms with Crippen molar-refractivity contribution in [3.63, 3.8) is 0 Å². The van der Waals surface area contributed by atoms with Crippen LogP contribution >= 0.6 is 11.6 Å². The Labute approximate surface area is 116 Å². The molecule has 0 amide bonds. The SMILES string of the molecule is CCC(CC)c1ccc(C2CCNCC2)cc1Cl. The van der Waals surface area contributed by atoms with Gasteiger partial charge in [0.05, 0.1) is 0 Å². The van der Waals surface area contributed by atoms with Crippen molar-refractivity contribution in [2.24, 2.45) is 0 Å². The van der Waals surface area contributed by atoms with Gasteiger partial charge in [0.25, 0.3) is 0 Å². The quantitative estimate of drug-likeness (QED) is 0.831. The van der Waals surface area contributed by atoms with E-state index in [-0.39, 0.29) is 0 Å². The molecule has 2 heteroatoms. The topological polar surface area (TPSA) is 12.0 Å². The van der Waals surface area contributed by atoms with Crippen LogP contribution < -0.4 is 5.32 Å². The average molecular weight is 266 g/mol. The maximum atomic E-state index is 6.49. The van der Waals surface area contributed by atoms with Crippen molar-refractivity contribution in [1.29, 1.82) is 0 Å². The molecule has 1 nitrogen and oxygen atoms in total. The lowest BCUT2D eigenvalue weighted by Crippen LogP contribution is -2.26. The zero-order valence-electron chi connectivity index (χ0n) is 11.5. The van der Waals surface area contributed by atoms with Gasteiger partial charge in [0.1, 0.15) is 0 Å². The Morgan fingerprint density at radius 2 is 1.89 bits per heavy atom. The van der Waals surface area contributed by atoms with Crippen LogP contribution in [0.5, 0.6) is 0 Å². The molecule has 0 saturated carbocycles. The van der Waals surface area contributed by atoms with Gasteiger partial charge in [-0.2, -0.15) is 0 Å². The molecule has 0 bridgehead atoms. The Morgan fingerprint density at radius 1 is 1.22 bits per heavy atom. The standard InChI is InChI=1S/C16H24ClN/c1-3-12(4-2)15-6-5-14(11-16(15)17)13-7-9-18-10-8-13/h5-6,11-13,18H,3-4,7-10H2,1-2H3. The van der Waals surface area contributed by atoms with E-state index in [1.54, 1.807) is 0 Å². The average Bonchev–Trinajstić information content (AvgIpc) is 2.43. The van der Waals surface area contributed by atoms with Gasteiger partial charge in [0.15, 0.2) is 0 Å². The predicted octanol–water partition coefficient (Wildman–Crippen LogP) is 4.71. The van der Waals surface area contributed by atoms with Crippen LogP contribution in [0.3, 0.4) is 0 Å². The molecule has 2 rings (SSSR count). The first kappa shape index (κ1) is 13.9. The molecule has 1 aliphatic heterocycles. The summed E-state index contributed by atoms with van der Waals surface area (Å²) in [6.07, 6.45) is 4.81. The fraction of sp³-hybridized carbons (Fsp3) is 0.625. The van der Waals surface area contributed by atoms with Crippen LogP contribution in [0.2, 0.25) is 5.02 Å². The summed E-state index contributed by atoms with van der Waals surface area (Å²) in [6, 6.07) is 6.78. The summed E-state index contributed by atoms with van der Waals surface area (Å²) < 4.78 is 0. The van der Waals surface area contributed by atoms with Gasteiger partial charge in [0, 0.05) is 5.02 Å². The summed E-state index contributed by atoms with van der Waals surface area (Å²) in [4.78, 5) is 0.